The maximum Gasteiger partial charge on any atom is 0.264 e. The van der Waals surface area contributed by atoms with Crippen molar-refractivity contribution >= 4 is 31.9 Å². The lowest BCUT2D eigenvalue weighted by atomic mass is 10.1. The first-order chi connectivity index (χ1) is 8.66. The quantitative estimate of drug-likeness (QED) is 0.795. The summed E-state index contributed by atoms with van der Waals surface area (Å²) in [4.78, 5) is 11.8. The van der Waals surface area contributed by atoms with Crippen molar-refractivity contribution in [3.8, 4) is 0 Å². The van der Waals surface area contributed by atoms with Crippen LogP contribution in [-0.2, 0) is 11.3 Å². The molecule has 0 radical (unpaired) electrons. The minimum absolute atomic E-state index is 0.00389. The van der Waals surface area contributed by atoms with Gasteiger partial charge in [-0.1, -0.05) is 0 Å². The zero-order valence-corrected chi connectivity index (χ0v) is 13.2. The Labute approximate surface area is 123 Å². The first-order valence-corrected chi connectivity index (χ1v) is 7.59. The fourth-order valence-electron chi connectivity index (χ4n) is 1.98. The van der Waals surface area contributed by atoms with Gasteiger partial charge >= 0.3 is 0 Å². The molecule has 1 aliphatic heterocycles. The van der Waals surface area contributed by atoms with Crippen molar-refractivity contribution in [1.29, 1.82) is 0 Å². The smallest absolute Gasteiger partial charge is 0.264 e. The molecular formula is C12H16Br2N2O2. The maximum atomic E-state index is 11.8. The fourth-order valence-corrected chi connectivity index (χ4v) is 3.24. The van der Waals surface area contributed by atoms with E-state index in [-0.39, 0.29) is 5.56 Å². The standard InChI is InChI=1S/C12H16Br2N2O2/c13-10-5-11(14)12(17)16(7-10)3-2-15-6-9-1-4-18-8-9/h5,7,9,15H,1-4,6,8H2. The average Bonchev–Trinajstić information content (AvgIpc) is 2.83. The van der Waals surface area contributed by atoms with E-state index in [9.17, 15) is 4.79 Å². The van der Waals surface area contributed by atoms with Crippen molar-refractivity contribution in [2.45, 2.75) is 13.0 Å². The van der Waals surface area contributed by atoms with Gasteiger partial charge in [-0.2, -0.15) is 0 Å². The van der Waals surface area contributed by atoms with Crippen LogP contribution in [0.5, 0.6) is 0 Å². The molecule has 0 amide bonds. The number of nitrogens with one attached hydrogen (secondary N) is 1. The van der Waals surface area contributed by atoms with E-state index >= 15 is 0 Å². The summed E-state index contributed by atoms with van der Waals surface area (Å²) in [6.07, 6.45) is 2.95. The highest BCUT2D eigenvalue weighted by Gasteiger charge is 2.14. The third kappa shape index (κ3) is 3.91. The minimum Gasteiger partial charge on any atom is -0.381 e. The van der Waals surface area contributed by atoms with E-state index in [4.69, 9.17) is 4.74 Å². The Bertz CT molecular complexity index is 456. The van der Waals surface area contributed by atoms with Gasteiger partial charge in [-0.3, -0.25) is 4.79 Å². The Morgan fingerprint density at radius 1 is 1.50 bits per heavy atom. The van der Waals surface area contributed by atoms with E-state index in [1.807, 2.05) is 6.20 Å². The van der Waals surface area contributed by atoms with E-state index in [1.165, 1.54) is 0 Å². The molecule has 4 nitrogen and oxygen atoms in total. The van der Waals surface area contributed by atoms with Crippen LogP contribution in [0.3, 0.4) is 0 Å². The third-order valence-corrected chi connectivity index (χ3v) is 4.00. The molecule has 0 spiro atoms. The van der Waals surface area contributed by atoms with E-state index < -0.39 is 0 Å². The average molecular weight is 380 g/mol. The SMILES string of the molecule is O=c1c(Br)cc(Br)cn1CCNCC1CCOC1. The molecule has 1 atom stereocenters. The van der Waals surface area contributed by atoms with Crippen LogP contribution in [0.25, 0.3) is 0 Å². The highest BCUT2D eigenvalue weighted by Crippen LogP contribution is 2.13. The molecule has 2 rings (SSSR count). The molecular weight excluding hydrogens is 364 g/mol. The lowest BCUT2D eigenvalue weighted by molar-refractivity contribution is 0.185. The molecule has 1 aromatic heterocycles. The van der Waals surface area contributed by atoms with Gasteiger partial charge in [-0.15, -0.1) is 0 Å². The molecule has 0 saturated carbocycles. The molecule has 0 aromatic carbocycles. The van der Waals surface area contributed by atoms with Gasteiger partial charge in [0.05, 0.1) is 11.1 Å². The van der Waals surface area contributed by atoms with Gasteiger partial charge in [0.2, 0.25) is 0 Å². The topological polar surface area (TPSA) is 43.3 Å². The van der Waals surface area contributed by atoms with E-state index in [0.29, 0.717) is 16.9 Å². The molecule has 0 bridgehead atoms. The Morgan fingerprint density at radius 3 is 3.06 bits per heavy atom. The van der Waals surface area contributed by atoms with Crippen LogP contribution in [0.15, 0.2) is 26.0 Å². The molecule has 6 heteroatoms. The summed E-state index contributed by atoms with van der Waals surface area (Å²) in [5.74, 6) is 0.621. The van der Waals surface area contributed by atoms with E-state index in [2.05, 4.69) is 37.2 Å². The monoisotopic (exact) mass is 378 g/mol. The van der Waals surface area contributed by atoms with Crippen LogP contribution < -0.4 is 10.9 Å². The number of halogens is 2. The van der Waals surface area contributed by atoms with Crippen LogP contribution in [0, 0.1) is 5.92 Å². The Kier molecular flexibility index (Phi) is 5.41. The Balaban J connectivity index is 1.81. The van der Waals surface area contributed by atoms with Crippen LogP contribution in [0.1, 0.15) is 6.42 Å². The minimum atomic E-state index is 0.00389. The molecule has 1 aliphatic rings. The lowest BCUT2D eigenvalue weighted by Gasteiger charge is -2.11. The van der Waals surface area contributed by atoms with Gasteiger partial charge in [0.25, 0.3) is 5.56 Å². The van der Waals surface area contributed by atoms with Crippen LogP contribution >= 0.6 is 31.9 Å². The second kappa shape index (κ2) is 6.84. The number of nitrogens with zero attached hydrogens (tertiary/aromatic N) is 1. The lowest BCUT2D eigenvalue weighted by Crippen LogP contribution is -2.30. The predicted molar refractivity (Wildman–Crippen MR) is 77.9 cm³/mol. The van der Waals surface area contributed by atoms with E-state index in [0.717, 1.165) is 37.2 Å². The van der Waals surface area contributed by atoms with Gasteiger partial charge in [0.15, 0.2) is 0 Å². The number of ether oxygens (including phenoxy) is 1. The first kappa shape index (κ1) is 14.2. The van der Waals surface area contributed by atoms with Crippen molar-refractivity contribution in [3.63, 3.8) is 0 Å². The van der Waals surface area contributed by atoms with Gasteiger partial charge in [0, 0.05) is 36.9 Å². The second-order valence-electron chi connectivity index (χ2n) is 4.44. The highest BCUT2D eigenvalue weighted by molar-refractivity contribution is 9.11. The number of aromatic nitrogens is 1. The summed E-state index contributed by atoms with van der Waals surface area (Å²) in [5, 5.41) is 3.37. The summed E-state index contributed by atoms with van der Waals surface area (Å²) >= 11 is 6.64. The number of pyridine rings is 1. The van der Waals surface area contributed by atoms with Crippen molar-refractivity contribution in [2.75, 3.05) is 26.3 Å². The molecule has 18 heavy (non-hydrogen) atoms. The molecule has 2 heterocycles. The van der Waals surface area contributed by atoms with Gasteiger partial charge in [0.1, 0.15) is 0 Å². The third-order valence-electron chi connectivity index (χ3n) is 3.00. The summed E-state index contributed by atoms with van der Waals surface area (Å²) in [6.45, 7) is 4.16. The predicted octanol–water partition coefficient (Wildman–Crippen LogP) is 2.00. The molecule has 0 aliphatic carbocycles. The molecule has 1 saturated heterocycles. The van der Waals surface area contributed by atoms with Crippen LogP contribution in [0.2, 0.25) is 0 Å². The second-order valence-corrected chi connectivity index (χ2v) is 6.21. The first-order valence-electron chi connectivity index (χ1n) is 6.01. The summed E-state index contributed by atoms with van der Waals surface area (Å²) in [5.41, 5.74) is 0.00389. The Morgan fingerprint density at radius 2 is 2.33 bits per heavy atom. The van der Waals surface area contributed by atoms with Crippen molar-refractivity contribution in [2.24, 2.45) is 5.92 Å². The van der Waals surface area contributed by atoms with Crippen molar-refractivity contribution < 1.29 is 4.74 Å². The summed E-state index contributed by atoms with van der Waals surface area (Å²) in [6, 6.07) is 1.77. The van der Waals surface area contributed by atoms with Crippen LogP contribution in [-0.4, -0.2) is 30.9 Å². The molecule has 100 valence electrons. The van der Waals surface area contributed by atoms with Crippen LogP contribution in [0.4, 0.5) is 0 Å². The number of hydrogen-bond donors (Lipinski definition) is 1. The maximum absolute atomic E-state index is 11.8. The summed E-state index contributed by atoms with van der Waals surface area (Å²) in [7, 11) is 0. The summed E-state index contributed by atoms with van der Waals surface area (Å²) < 4.78 is 8.50. The normalized spacial score (nSPS) is 19.3. The molecule has 1 unspecified atom stereocenters. The number of rotatable bonds is 5. The van der Waals surface area contributed by atoms with E-state index in [1.54, 1.807) is 10.6 Å². The molecule has 1 N–H and O–H groups in total. The van der Waals surface area contributed by atoms with Gasteiger partial charge in [-0.05, 0) is 50.3 Å². The van der Waals surface area contributed by atoms with Gasteiger partial charge in [-0.25, -0.2) is 0 Å². The zero-order chi connectivity index (χ0) is 13.0. The largest absolute Gasteiger partial charge is 0.381 e. The van der Waals surface area contributed by atoms with Crippen molar-refractivity contribution in [3.05, 3.63) is 31.6 Å². The Hall–Kier alpha value is -0.170. The molecule has 1 fully saturated rings. The highest BCUT2D eigenvalue weighted by atomic mass is 79.9. The fraction of sp³-hybridized carbons (Fsp3) is 0.583. The molecule has 1 aromatic rings. The van der Waals surface area contributed by atoms with Gasteiger partial charge < -0.3 is 14.6 Å². The number of hydrogen-bond acceptors (Lipinski definition) is 3. The zero-order valence-electron chi connectivity index (χ0n) is 9.99. The van der Waals surface area contributed by atoms with Crippen molar-refractivity contribution in [1.82, 2.24) is 9.88 Å².